The summed E-state index contributed by atoms with van der Waals surface area (Å²) in [4.78, 5) is 0. The van der Waals surface area contributed by atoms with Crippen LogP contribution in [0.15, 0.2) is 78.9 Å². The van der Waals surface area contributed by atoms with Gasteiger partial charge in [-0.05, 0) is 56.3 Å². The lowest BCUT2D eigenvalue weighted by Crippen LogP contribution is -1.82. The van der Waals surface area contributed by atoms with Crippen LogP contribution in [0, 0.1) is 0 Å². The Morgan fingerprint density at radius 1 is 0.522 bits per heavy atom. The first-order valence-corrected chi connectivity index (χ1v) is 8.12. The molecule has 0 fully saturated rings. The van der Waals surface area contributed by atoms with Gasteiger partial charge in [-0.3, -0.25) is 0 Å². The van der Waals surface area contributed by atoms with Crippen LogP contribution in [0.4, 0.5) is 0 Å². The van der Waals surface area contributed by atoms with Crippen molar-refractivity contribution in [1.82, 2.24) is 0 Å². The molecule has 0 nitrogen and oxygen atoms in total. The summed E-state index contributed by atoms with van der Waals surface area (Å²) in [5.41, 5.74) is 7.65. The molecular weight excluding hydrogens is 300 g/mol. The molecule has 0 saturated carbocycles. The van der Waals surface area contributed by atoms with E-state index in [0.29, 0.717) is 0 Å². The van der Waals surface area contributed by atoms with Gasteiger partial charge in [-0.1, -0.05) is 78.3 Å². The van der Waals surface area contributed by atoms with Crippen LogP contribution in [-0.4, -0.2) is 0 Å². The fourth-order valence-corrected chi connectivity index (χ4v) is 3.87. The summed E-state index contributed by atoms with van der Waals surface area (Å²) in [6.45, 7) is 0. The Morgan fingerprint density at radius 2 is 1.26 bits per heavy atom. The topological polar surface area (TPSA) is 0 Å². The van der Waals surface area contributed by atoms with Crippen LogP contribution in [0.1, 0.15) is 0 Å². The molecule has 0 unspecified atom stereocenters. The summed E-state index contributed by atoms with van der Waals surface area (Å²) in [5.74, 6) is 0. The second-order valence-electron chi connectivity index (χ2n) is 5.94. The van der Waals surface area contributed by atoms with Crippen molar-refractivity contribution < 1.29 is 0 Å². The molecular formula is C22H13Cl. The normalized spacial score (nSPS) is 11.7. The lowest BCUT2D eigenvalue weighted by Gasteiger charge is -2.09. The van der Waals surface area contributed by atoms with E-state index in [9.17, 15) is 0 Å². The SMILES string of the molecule is Clc1ccc2c(c1)-c1cccc3c(-c4ccccc4)ccc-2c13. The predicted molar refractivity (Wildman–Crippen MR) is 98.8 cm³/mol. The Labute approximate surface area is 140 Å². The van der Waals surface area contributed by atoms with Gasteiger partial charge in [0.15, 0.2) is 0 Å². The van der Waals surface area contributed by atoms with E-state index in [0.717, 1.165) is 5.02 Å². The van der Waals surface area contributed by atoms with Crippen molar-refractivity contribution in [1.29, 1.82) is 0 Å². The van der Waals surface area contributed by atoms with E-state index in [1.165, 1.54) is 44.2 Å². The first kappa shape index (κ1) is 12.9. The summed E-state index contributed by atoms with van der Waals surface area (Å²) in [7, 11) is 0. The van der Waals surface area contributed by atoms with Gasteiger partial charge in [0.2, 0.25) is 0 Å². The van der Waals surface area contributed by atoms with Crippen LogP contribution in [0.25, 0.3) is 44.2 Å². The van der Waals surface area contributed by atoms with Crippen molar-refractivity contribution in [2.75, 3.05) is 0 Å². The van der Waals surface area contributed by atoms with Gasteiger partial charge in [-0.25, -0.2) is 0 Å². The Balaban J connectivity index is 1.90. The lowest BCUT2D eigenvalue weighted by molar-refractivity contribution is 1.66. The van der Waals surface area contributed by atoms with Crippen molar-refractivity contribution in [3.63, 3.8) is 0 Å². The Bertz CT molecular complexity index is 1060. The van der Waals surface area contributed by atoms with Crippen LogP contribution in [0.5, 0.6) is 0 Å². The molecule has 1 aliphatic carbocycles. The number of halogens is 1. The number of benzene rings is 4. The van der Waals surface area contributed by atoms with Crippen LogP contribution in [0.3, 0.4) is 0 Å². The zero-order chi connectivity index (χ0) is 15.4. The molecule has 0 aliphatic heterocycles. The van der Waals surface area contributed by atoms with Crippen molar-refractivity contribution >= 4 is 22.4 Å². The predicted octanol–water partition coefficient (Wildman–Crippen LogP) is 6.81. The number of rotatable bonds is 1. The van der Waals surface area contributed by atoms with Crippen molar-refractivity contribution in [2.24, 2.45) is 0 Å². The summed E-state index contributed by atoms with van der Waals surface area (Å²) in [5, 5.41) is 3.43. The smallest absolute Gasteiger partial charge is 0.0412 e. The average molecular weight is 313 g/mol. The number of hydrogen-bond acceptors (Lipinski definition) is 0. The molecule has 0 N–H and O–H groups in total. The van der Waals surface area contributed by atoms with E-state index >= 15 is 0 Å². The molecule has 0 atom stereocenters. The first-order valence-electron chi connectivity index (χ1n) is 7.74. The van der Waals surface area contributed by atoms with E-state index in [1.807, 2.05) is 6.07 Å². The molecule has 23 heavy (non-hydrogen) atoms. The summed E-state index contributed by atoms with van der Waals surface area (Å²) in [6, 6.07) is 27.8. The van der Waals surface area contributed by atoms with Crippen LogP contribution in [-0.2, 0) is 0 Å². The van der Waals surface area contributed by atoms with Crippen LogP contribution < -0.4 is 0 Å². The molecule has 0 amide bonds. The van der Waals surface area contributed by atoms with Crippen LogP contribution in [0.2, 0.25) is 5.02 Å². The van der Waals surface area contributed by atoms with Gasteiger partial charge in [-0.2, -0.15) is 0 Å². The third-order valence-corrected chi connectivity index (χ3v) is 4.92. The van der Waals surface area contributed by atoms with E-state index in [1.54, 1.807) is 0 Å². The molecule has 0 radical (unpaired) electrons. The standard InChI is InChI=1S/C22H13Cl/c23-15-9-10-17-20-12-11-16(14-5-2-1-3-6-14)18-7-4-8-19(22(18)20)21(17)13-15/h1-13H. The molecule has 0 spiro atoms. The molecule has 0 bridgehead atoms. The van der Waals surface area contributed by atoms with Gasteiger partial charge in [0.05, 0.1) is 0 Å². The molecule has 0 aromatic heterocycles. The Kier molecular flexibility index (Phi) is 2.65. The maximum atomic E-state index is 6.23. The monoisotopic (exact) mass is 312 g/mol. The van der Waals surface area contributed by atoms with E-state index in [2.05, 4.69) is 72.8 Å². The molecule has 108 valence electrons. The highest BCUT2D eigenvalue weighted by Crippen LogP contribution is 2.49. The molecule has 0 heterocycles. The third kappa shape index (κ3) is 1.79. The second kappa shape index (κ2) is 4.71. The molecule has 1 heteroatoms. The zero-order valence-electron chi connectivity index (χ0n) is 12.4. The van der Waals surface area contributed by atoms with Gasteiger partial charge in [0.1, 0.15) is 0 Å². The maximum absolute atomic E-state index is 6.23. The minimum Gasteiger partial charge on any atom is -0.0843 e. The van der Waals surface area contributed by atoms with Gasteiger partial charge in [0.25, 0.3) is 0 Å². The summed E-state index contributed by atoms with van der Waals surface area (Å²) >= 11 is 6.23. The summed E-state index contributed by atoms with van der Waals surface area (Å²) in [6.07, 6.45) is 0. The quantitative estimate of drug-likeness (QED) is 0.319. The van der Waals surface area contributed by atoms with Gasteiger partial charge in [-0.15, -0.1) is 0 Å². The van der Waals surface area contributed by atoms with Crippen LogP contribution >= 0.6 is 11.6 Å². The van der Waals surface area contributed by atoms with Gasteiger partial charge >= 0.3 is 0 Å². The molecule has 0 saturated heterocycles. The van der Waals surface area contributed by atoms with E-state index in [4.69, 9.17) is 11.6 Å². The fraction of sp³-hybridized carbons (Fsp3) is 0. The molecule has 4 aromatic carbocycles. The largest absolute Gasteiger partial charge is 0.0843 e. The number of fused-ring (bicyclic) bond motifs is 3. The minimum absolute atomic E-state index is 0.789. The van der Waals surface area contributed by atoms with Crippen molar-refractivity contribution in [2.45, 2.75) is 0 Å². The highest BCUT2D eigenvalue weighted by Gasteiger charge is 2.22. The summed E-state index contributed by atoms with van der Waals surface area (Å²) < 4.78 is 0. The molecule has 4 aromatic rings. The first-order chi connectivity index (χ1) is 11.3. The molecule has 5 rings (SSSR count). The Morgan fingerprint density at radius 3 is 2.13 bits per heavy atom. The third-order valence-electron chi connectivity index (χ3n) is 4.69. The Hall–Kier alpha value is -2.57. The van der Waals surface area contributed by atoms with E-state index in [-0.39, 0.29) is 0 Å². The van der Waals surface area contributed by atoms with E-state index < -0.39 is 0 Å². The second-order valence-corrected chi connectivity index (χ2v) is 6.38. The van der Waals surface area contributed by atoms with Crippen molar-refractivity contribution in [3.05, 3.63) is 83.9 Å². The average Bonchev–Trinajstić information content (AvgIpc) is 2.91. The highest BCUT2D eigenvalue weighted by molar-refractivity contribution is 6.31. The fourth-order valence-electron chi connectivity index (χ4n) is 3.70. The van der Waals surface area contributed by atoms with Crippen molar-refractivity contribution in [3.8, 4) is 33.4 Å². The lowest BCUT2D eigenvalue weighted by atomic mass is 9.94. The molecule has 1 aliphatic rings. The maximum Gasteiger partial charge on any atom is 0.0412 e. The number of hydrogen-bond donors (Lipinski definition) is 0. The van der Waals surface area contributed by atoms with Gasteiger partial charge < -0.3 is 0 Å². The minimum atomic E-state index is 0.789. The zero-order valence-corrected chi connectivity index (χ0v) is 13.1. The van der Waals surface area contributed by atoms with Gasteiger partial charge in [0, 0.05) is 5.02 Å². The highest BCUT2D eigenvalue weighted by atomic mass is 35.5.